The van der Waals surface area contributed by atoms with Gasteiger partial charge in [0, 0.05) is 23.7 Å². The molecular weight excluding hydrogens is 252 g/mol. The lowest BCUT2D eigenvalue weighted by molar-refractivity contribution is 0.461. The molecule has 0 spiro atoms. The number of hydrogen-bond donors (Lipinski definition) is 2. The minimum absolute atomic E-state index is 0.183. The maximum Gasteiger partial charge on any atom is 0.227 e. The quantitative estimate of drug-likeness (QED) is 0.764. The normalized spacial score (nSPS) is 10.7. The van der Waals surface area contributed by atoms with Crippen LogP contribution in [-0.2, 0) is 6.54 Å². The highest BCUT2D eigenvalue weighted by molar-refractivity contribution is 5.88. The van der Waals surface area contributed by atoms with E-state index in [2.05, 4.69) is 4.98 Å². The van der Waals surface area contributed by atoms with E-state index in [1.807, 2.05) is 36.4 Å². The Kier molecular flexibility index (Phi) is 3.23. The van der Waals surface area contributed by atoms with Gasteiger partial charge in [-0.3, -0.25) is 0 Å². The molecule has 0 atom stereocenters. The first kappa shape index (κ1) is 12.4. The standard InChI is InChI=1S/C16H14N2O2/c17-10-12-3-1-2-4-15(12)20-16-14-9-13(19)6-5-11(14)7-8-18-16/h1-9,19H,10,17H2. The van der Waals surface area contributed by atoms with E-state index >= 15 is 0 Å². The first-order valence-corrected chi connectivity index (χ1v) is 6.31. The molecule has 20 heavy (non-hydrogen) atoms. The van der Waals surface area contributed by atoms with Crippen molar-refractivity contribution in [3.05, 3.63) is 60.3 Å². The Morgan fingerprint density at radius 2 is 1.95 bits per heavy atom. The van der Waals surface area contributed by atoms with Gasteiger partial charge < -0.3 is 15.6 Å². The fourth-order valence-electron chi connectivity index (χ4n) is 2.09. The molecule has 2 aromatic carbocycles. The topological polar surface area (TPSA) is 68.4 Å². The van der Waals surface area contributed by atoms with Crippen LogP contribution in [0.4, 0.5) is 0 Å². The summed E-state index contributed by atoms with van der Waals surface area (Å²) in [5.41, 5.74) is 6.61. The minimum atomic E-state index is 0.183. The zero-order valence-electron chi connectivity index (χ0n) is 10.8. The molecule has 0 bridgehead atoms. The number of hydrogen-bond acceptors (Lipinski definition) is 4. The van der Waals surface area contributed by atoms with Crippen LogP contribution in [0.25, 0.3) is 10.8 Å². The second-order valence-corrected chi connectivity index (χ2v) is 4.44. The molecule has 0 aliphatic rings. The van der Waals surface area contributed by atoms with Crippen LogP contribution >= 0.6 is 0 Å². The Bertz CT molecular complexity index is 756. The van der Waals surface area contributed by atoms with E-state index in [4.69, 9.17) is 10.5 Å². The predicted molar refractivity (Wildman–Crippen MR) is 77.8 cm³/mol. The van der Waals surface area contributed by atoms with Crippen molar-refractivity contribution in [2.45, 2.75) is 6.54 Å². The van der Waals surface area contributed by atoms with Gasteiger partial charge in [0.05, 0.1) is 0 Å². The summed E-state index contributed by atoms with van der Waals surface area (Å²) in [7, 11) is 0. The average Bonchev–Trinajstić information content (AvgIpc) is 2.48. The van der Waals surface area contributed by atoms with E-state index in [-0.39, 0.29) is 5.75 Å². The number of aromatic nitrogens is 1. The Morgan fingerprint density at radius 1 is 1.10 bits per heavy atom. The van der Waals surface area contributed by atoms with Crippen molar-refractivity contribution in [2.75, 3.05) is 0 Å². The molecule has 0 unspecified atom stereocenters. The van der Waals surface area contributed by atoms with E-state index in [0.29, 0.717) is 18.2 Å². The third kappa shape index (κ3) is 2.29. The second kappa shape index (κ2) is 5.19. The van der Waals surface area contributed by atoms with Gasteiger partial charge in [-0.15, -0.1) is 0 Å². The lowest BCUT2D eigenvalue weighted by Gasteiger charge is -2.11. The molecule has 3 rings (SSSR count). The molecule has 0 radical (unpaired) electrons. The van der Waals surface area contributed by atoms with Crippen molar-refractivity contribution in [3.8, 4) is 17.4 Å². The highest BCUT2D eigenvalue weighted by Crippen LogP contribution is 2.31. The number of para-hydroxylation sites is 1. The lowest BCUT2D eigenvalue weighted by atomic mass is 10.1. The predicted octanol–water partition coefficient (Wildman–Crippen LogP) is 3.19. The highest BCUT2D eigenvalue weighted by atomic mass is 16.5. The van der Waals surface area contributed by atoms with Crippen molar-refractivity contribution in [2.24, 2.45) is 5.73 Å². The van der Waals surface area contributed by atoms with Gasteiger partial charge in [-0.2, -0.15) is 0 Å². The van der Waals surface area contributed by atoms with E-state index < -0.39 is 0 Å². The number of pyridine rings is 1. The number of phenols is 1. The molecule has 1 aromatic heterocycles. The van der Waals surface area contributed by atoms with Gasteiger partial charge in [0.1, 0.15) is 11.5 Å². The van der Waals surface area contributed by atoms with E-state index in [1.54, 1.807) is 18.3 Å². The maximum absolute atomic E-state index is 9.62. The fourth-order valence-corrected chi connectivity index (χ4v) is 2.09. The van der Waals surface area contributed by atoms with E-state index in [9.17, 15) is 5.11 Å². The smallest absolute Gasteiger partial charge is 0.227 e. The Labute approximate surface area is 116 Å². The zero-order chi connectivity index (χ0) is 13.9. The second-order valence-electron chi connectivity index (χ2n) is 4.44. The molecule has 1 heterocycles. The van der Waals surface area contributed by atoms with Crippen LogP contribution in [0.15, 0.2) is 54.7 Å². The van der Waals surface area contributed by atoms with Crippen LogP contribution in [-0.4, -0.2) is 10.1 Å². The van der Waals surface area contributed by atoms with Gasteiger partial charge >= 0.3 is 0 Å². The summed E-state index contributed by atoms with van der Waals surface area (Å²) >= 11 is 0. The molecule has 0 aliphatic heterocycles. The molecule has 3 N–H and O–H groups in total. The molecule has 0 saturated carbocycles. The van der Waals surface area contributed by atoms with E-state index in [0.717, 1.165) is 16.3 Å². The van der Waals surface area contributed by atoms with Crippen LogP contribution in [0, 0.1) is 0 Å². The molecule has 100 valence electrons. The minimum Gasteiger partial charge on any atom is -0.508 e. The Morgan fingerprint density at radius 3 is 2.80 bits per heavy atom. The van der Waals surface area contributed by atoms with Crippen molar-refractivity contribution in [3.63, 3.8) is 0 Å². The number of rotatable bonds is 3. The third-order valence-electron chi connectivity index (χ3n) is 3.11. The van der Waals surface area contributed by atoms with Crippen molar-refractivity contribution < 1.29 is 9.84 Å². The van der Waals surface area contributed by atoms with E-state index in [1.165, 1.54) is 0 Å². The van der Waals surface area contributed by atoms with Crippen LogP contribution in [0.3, 0.4) is 0 Å². The lowest BCUT2D eigenvalue weighted by Crippen LogP contribution is -1.99. The molecule has 0 amide bonds. The molecule has 4 nitrogen and oxygen atoms in total. The van der Waals surface area contributed by atoms with Crippen molar-refractivity contribution in [1.29, 1.82) is 0 Å². The van der Waals surface area contributed by atoms with Crippen LogP contribution in [0.2, 0.25) is 0 Å². The maximum atomic E-state index is 9.62. The summed E-state index contributed by atoms with van der Waals surface area (Å²) in [6.45, 7) is 0.395. The average molecular weight is 266 g/mol. The van der Waals surface area contributed by atoms with Crippen LogP contribution in [0.1, 0.15) is 5.56 Å². The van der Waals surface area contributed by atoms with Gasteiger partial charge in [0.15, 0.2) is 0 Å². The van der Waals surface area contributed by atoms with Crippen LogP contribution < -0.4 is 10.5 Å². The number of benzene rings is 2. The third-order valence-corrected chi connectivity index (χ3v) is 3.11. The molecular formula is C16H14N2O2. The van der Waals surface area contributed by atoms with Crippen molar-refractivity contribution >= 4 is 10.8 Å². The highest BCUT2D eigenvalue weighted by Gasteiger charge is 2.08. The van der Waals surface area contributed by atoms with Gasteiger partial charge in [-0.25, -0.2) is 4.98 Å². The number of aromatic hydroxyl groups is 1. The summed E-state index contributed by atoms with van der Waals surface area (Å²) in [5.74, 6) is 1.32. The Hall–Kier alpha value is -2.59. The first-order valence-electron chi connectivity index (χ1n) is 6.31. The summed E-state index contributed by atoms with van der Waals surface area (Å²) in [5, 5.41) is 11.3. The number of nitrogens with two attached hydrogens (primary N) is 1. The zero-order valence-corrected chi connectivity index (χ0v) is 10.8. The number of ether oxygens (including phenoxy) is 1. The van der Waals surface area contributed by atoms with Gasteiger partial charge in [-0.1, -0.05) is 24.3 Å². The molecule has 4 heteroatoms. The summed E-state index contributed by atoms with van der Waals surface area (Å²) < 4.78 is 5.87. The summed E-state index contributed by atoms with van der Waals surface area (Å²) in [6.07, 6.45) is 1.68. The van der Waals surface area contributed by atoms with Gasteiger partial charge in [-0.05, 0) is 29.7 Å². The molecule has 0 fully saturated rings. The molecule has 3 aromatic rings. The number of nitrogens with zero attached hydrogens (tertiary/aromatic N) is 1. The Balaban J connectivity index is 2.08. The summed E-state index contributed by atoms with van der Waals surface area (Å²) in [4.78, 5) is 4.24. The molecule has 0 saturated heterocycles. The fraction of sp³-hybridized carbons (Fsp3) is 0.0625. The van der Waals surface area contributed by atoms with Crippen molar-refractivity contribution in [1.82, 2.24) is 4.98 Å². The summed E-state index contributed by atoms with van der Waals surface area (Å²) in [6, 6.07) is 14.5. The number of fused-ring (bicyclic) bond motifs is 1. The van der Waals surface area contributed by atoms with Crippen LogP contribution in [0.5, 0.6) is 17.4 Å². The SMILES string of the molecule is NCc1ccccc1Oc1nccc2ccc(O)cc12. The van der Waals surface area contributed by atoms with Gasteiger partial charge in [0.25, 0.3) is 0 Å². The molecule has 0 aliphatic carbocycles. The number of phenolic OH excluding ortho intramolecular Hbond substituents is 1. The monoisotopic (exact) mass is 266 g/mol. The van der Waals surface area contributed by atoms with Gasteiger partial charge in [0.2, 0.25) is 5.88 Å². The first-order chi connectivity index (χ1) is 9.78. The largest absolute Gasteiger partial charge is 0.508 e.